The van der Waals surface area contributed by atoms with Gasteiger partial charge >= 0.3 is 0 Å². The second-order valence-electron chi connectivity index (χ2n) is 3.86. The molecule has 0 bridgehead atoms. The second kappa shape index (κ2) is 9.73. The average Bonchev–Trinajstić information content (AvgIpc) is 2.84. The van der Waals surface area contributed by atoms with Crippen molar-refractivity contribution in [2.24, 2.45) is 0 Å². The van der Waals surface area contributed by atoms with Crippen molar-refractivity contribution >= 4 is 23.5 Å². The lowest BCUT2D eigenvalue weighted by Crippen LogP contribution is -2.15. The number of furan rings is 1. The van der Waals surface area contributed by atoms with Crippen LogP contribution in [0.15, 0.2) is 27.8 Å². The first-order chi connectivity index (χ1) is 9.65. The van der Waals surface area contributed by atoms with Crippen LogP contribution in [0.3, 0.4) is 0 Å². The van der Waals surface area contributed by atoms with E-state index in [2.05, 4.69) is 10.6 Å². The minimum Gasteiger partial charge on any atom is -0.464 e. The van der Waals surface area contributed by atoms with E-state index in [1.165, 1.54) is 11.8 Å². The molecule has 0 atom stereocenters. The second-order valence-corrected chi connectivity index (χ2v) is 5.81. The van der Waals surface area contributed by atoms with Crippen molar-refractivity contribution in [3.8, 4) is 0 Å². The summed E-state index contributed by atoms with van der Waals surface area (Å²) in [4.78, 5) is 9.90. The first-order valence-electron chi connectivity index (χ1n) is 6.08. The van der Waals surface area contributed by atoms with E-state index in [4.69, 9.17) is 4.42 Å². The van der Waals surface area contributed by atoms with E-state index in [0.717, 1.165) is 35.8 Å². The molecular weight excluding hydrogens is 298 g/mol. The van der Waals surface area contributed by atoms with Gasteiger partial charge in [-0.1, -0.05) is 0 Å². The zero-order valence-electron chi connectivity index (χ0n) is 11.5. The Bertz CT molecular complexity index is 449. The molecule has 0 aliphatic heterocycles. The third-order valence-corrected chi connectivity index (χ3v) is 3.97. The Balaban J connectivity index is 2.19. The van der Waals surface area contributed by atoms with Crippen LogP contribution in [0.2, 0.25) is 0 Å². The fourth-order valence-electron chi connectivity index (χ4n) is 1.45. The Morgan fingerprint density at radius 3 is 2.90 bits per heavy atom. The molecule has 8 heteroatoms. The summed E-state index contributed by atoms with van der Waals surface area (Å²) in [5.74, 6) is 3.54. The van der Waals surface area contributed by atoms with Gasteiger partial charge in [-0.3, -0.25) is 10.1 Å². The highest BCUT2D eigenvalue weighted by molar-refractivity contribution is 8.02. The fourth-order valence-corrected chi connectivity index (χ4v) is 2.64. The summed E-state index contributed by atoms with van der Waals surface area (Å²) in [6, 6.07) is 3.95. The molecule has 0 radical (unpaired) electrons. The van der Waals surface area contributed by atoms with E-state index in [1.807, 2.05) is 25.4 Å². The standard InChI is InChI=1S/C12H19N3O3S2/c1-13-7-10-3-4-11(18-10)9-20-6-5-14-12(19-2)8-15(16)17/h3-4,8,13-14H,5-7,9H2,1-2H3. The third-order valence-electron chi connectivity index (χ3n) is 2.30. The number of nitrogens with zero attached hydrogens (tertiary/aromatic N) is 1. The normalized spacial score (nSPS) is 11.6. The highest BCUT2D eigenvalue weighted by Crippen LogP contribution is 2.15. The molecule has 0 saturated heterocycles. The van der Waals surface area contributed by atoms with Gasteiger partial charge in [-0.2, -0.15) is 11.8 Å². The summed E-state index contributed by atoms with van der Waals surface area (Å²) in [5, 5.41) is 17.0. The summed E-state index contributed by atoms with van der Waals surface area (Å²) in [6.45, 7) is 1.42. The quantitative estimate of drug-likeness (QED) is 0.389. The predicted octanol–water partition coefficient (Wildman–Crippen LogP) is 2.26. The Kier molecular flexibility index (Phi) is 8.24. The van der Waals surface area contributed by atoms with Crippen LogP contribution in [-0.2, 0) is 12.3 Å². The lowest BCUT2D eigenvalue weighted by Gasteiger charge is -2.05. The molecule has 2 N–H and O–H groups in total. The van der Waals surface area contributed by atoms with Crippen LogP contribution in [0.1, 0.15) is 11.5 Å². The van der Waals surface area contributed by atoms with Gasteiger partial charge < -0.3 is 15.1 Å². The Hall–Kier alpha value is -1.12. The third kappa shape index (κ3) is 6.88. The predicted molar refractivity (Wildman–Crippen MR) is 84.2 cm³/mol. The molecule has 1 rings (SSSR count). The smallest absolute Gasteiger partial charge is 0.263 e. The molecule has 1 aromatic heterocycles. The maximum absolute atomic E-state index is 10.4. The lowest BCUT2D eigenvalue weighted by molar-refractivity contribution is -0.403. The number of nitro groups is 1. The fraction of sp³-hybridized carbons (Fsp3) is 0.500. The molecule has 0 saturated carbocycles. The van der Waals surface area contributed by atoms with Gasteiger partial charge in [0.05, 0.1) is 17.2 Å². The van der Waals surface area contributed by atoms with Gasteiger partial charge in [-0.05, 0) is 25.4 Å². The van der Waals surface area contributed by atoms with Crippen molar-refractivity contribution in [2.45, 2.75) is 12.3 Å². The molecule has 0 aromatic carbocycles. The Labute approximate surface area is 126 Å². The molecule has 0 spiro atoms. The van der Waals surface area contributed by atoms with Crippen molar-refractivity contribution in [2.75, 3.05) is 25.6 Å². The SMILES string of the molecule is CNCc1ccc(CSCCNC(=C[N+](=O)[O-])SC)o1. The van der Waals surface area contributed by atoms with Crippen LogP contribution in [0.4, 0.5) is 0 Å². The minimum absolute atomic E-state index is 0.446. The van der Waals surface area contributed by atoms with Crippen molar-refractivity contribution < 1.29 is 9.34 Å². The summed E-state index contributed by atoms with van der Waals surface area (Å²) in [6.07, 6.45) is 2.80. The zero-order chi connectivity index (χ0) is 14.8. The highest BCUT2D eigenvalue weighted by atomic mass is 32.2. The van der Waals surface area contributed by atoms with Crippen LogP contribution >= 0.6 is 23.5 Å². The summed E-state index contributed by atoms with van der Waals surface area (Å²) < 4.78 is 5.62. The zero-order valence-corrected chi connectivity index (χ0v) is 13.2. The van der Waals surface area contributed by atoms with E-state index < -0.39 is 4.92 Å². The van der Waals surface area contributed by atoms with Crippen molar-refractivity contribution in [3.05, 3.63) is 45.0 Å². The van der Waals surface area contributed by atoms with E-state index in [9.17, 15) is 10.1 Å². The van der Waals surface area contributed by atoms with Gasteiger partial charge in [0.25, 0.3) is 6.20 Å². The topological polar surface area (TPSA) is 80.3 Å². The molecule has 0 aliphatic rings. The molecule has 0 unspecified atom stereocenters. The number of hydrogen-bond acceptors (Lipinski definition) is 7. The van der Waals surface area contributed by atoms with E-state index in [-0.39, 0.29) is 0 Å². The van der Waals surface area contributed by atoms with Crippen molar-refractivity contribution in [1.29, 1.82) is 0 Å². The summed E-state index contributed by atoms with van der Waals surface area (Å²) >= 11 is 3.06. The van der Waals surface area contributed by atoms with Crippen molar-refractivity contribution in [3.63, 3.8) is 0 Å². The average molecular weight is 317 g/mol. The summed E-state index contributed by atoms with van der Waals surface area (Å²) in [5.41, 5.74) is 0. The van der Waals surface area contributed by atoms with Crippen LogP contribution in [0.5, 0.6) is 0 Å². The highest BCUT2D eigenvalue weighted by Gasteiger charge is 2.03. The van der Waals surface area contributed by atoms with Gasteiger partial charge in [0.15, 0.2) is 0 Å². The van der Waals surface area contributed by atoms with Gasteiger partial charge in [0, 0.05) is 12.3 Å². The molecule has 0 aliphatic carbocycles. The Morgan fingerprint density at radius 2 is 2.25 bits per heavy atom. The molecule has 0 fully saturated rings. The monoisotopic (exact) mass is 317 g/mol. The number of hydrogen-bond donors (Lipinski definition) is 2. The lowest BCUT2D eigenvalue weighted by atomic mass is 10.4. The van der Waals surface area contributed by atoms with Crippen LogP contribution in [0, 0.1) is 10.1 Å². The molecule has 0 amide bonds. The van der Waals surface area contributed by atoms with Crippen LogP contribution in [0.25, 0.3) is 0 Å². The molecule has 1 aromatic rings. The van der Waals surface area contributed by atoms with E-state index >= 15 is 0 Å². The van der Waals surface area contributed by atoms with E-state index in [0.29, 0.717) is 11.6 Å². The van der Waals surface area contributed by atoms with Crippen LogP contribution in [-0.4, -0.2) is 30.5 Å². The maximum atomic E-state index is 10.4. The molecule has 112 valence electrons. The Morgan fingerprint density at radius 1 is 1.50 bits per heavy atom. The van der Waals surface area contributed by atoms with Crippen LogP contribution < -0.4 is 10.6 Å². The first kappa shape index (κ1) is 16.9. The number of rotatable bonds is 10. The molecule has 6 nitrogen and oxygen atoms in total. The molecule has 20 heavy (non-hydrogen) atoms. The molecule has 1 heterocycles. The number of thioether (sulfide) groups is 2. The van der Waals surface area contributed by atoms with Gasteiger partial charge in [-0.25, -0.2) is 0 Å². The van der Waals surface area contributed by atoms with E-state index in [1.54, 1.807) is 11.8 Å². The minimum atomic E-state index is -0.446. The molecular formula is C12H19N3O3S2. The largest absolute Gasteiger partial charge is 0.464 e. The van der Waals surface area contributed by atoms with Gasteiger partial charge in [0.2, 0.25) is 0 Å². The van der Waals surface area contributed by atoms with Gasteiger partial charge in [0.1, 0.15) is 16.5 Å². The van der Waals surface area contributed by atoms with Gasteiger partial charge in [-0.15, -0.1) is 11.8 Å². The maximum Gasteiger partial charge on any atom is 0.263 e. The summed E-state index contributed by atoms with van der Waals surface area (Å²) in [7, 11) is 1.88. The number of nitrogens with one attached hydrogen (secondary N) is 2. The van der Waals surface area contributed by atoms with Crippen molar-refractivity contribution in [1.82, 2.24) is 10.6 Å². The first-order valence-corrected chi connectivity index (χ1v) is 8.46.